The molecule has 0 spiro atoms. The van der Waals surface area contributed by atoms with Crippen molar-refractivity contribution in [2.45, 2.75) is 40.3 Å². The molecule has 112 valence electrons. The maximum Gasteiger partial charge on any atom is 0.158 e. The van der Waals surface area contributed by atoms with Crippen molar-refractivity contribution in [1.82, 2.24) is 19.3 Å². The second kappa shape index (κ2) is 6.85. The SMILES string of the molecule is CCn1nc(C)c2nc(CCCl)n(CC(C)CSC)c21. The predicted molar refractivity (Wildman–Crippen MR) is 87.9 cm³/mol. The number of thioether (sulfide) groups is 1. The van der Waals surface area contributed by atoms with Gasteiger partial charge in [-0.25, -0.2) is 9.67 Å². The predicted octanol–water partition coefficient (Wildman–Crippen LogP) is 3.34. The van der Waals surface area contributed by atoms with Gasteiger partial charge in [-0.1, -0.05) is 6.92 Å². The smallest absolute Gasteiger partial charge is 0.158 e. The van der Waals surface area contributed by atoms with Crippen molar-refractivity contribution in [2.75, 3.05) is 17.9 Å². The first kappa shape index (κ1) is 15.7. The van der Waals surface area contributed by atoms with E-state index in [1.807, 2.05) is 18.7 Å². The first-order valence-electron chi connectivity index (χ1n) is 7.09. The minimum Gasteiger partial charge on any atom is -0.313 e. The second-order valence-electron chi connectivity index (χ2n) is 5.21. The number of rotatable bonds is 7. The van der Waals surface area contributed by atoms with Gasteiger partial charge in [0, 0.05) is 25.4 Å². The summed E-state index contributed by atoms with van der Waals surface area (Å²) >= 11 is 7.82. The lowest BCUT2D eigenvalue weighted by atomic mass is 10.2. The fourth-order valence-electron chi connectivity index (χ4n) is 2.61. The second-order valence-corrected chi connectivity index (χ2v) is 6.50. The zero-order chi connectivity index (χ0) is 14.7. The molecule has 0 fully saturated rings. The molecule has 2 aromatic heterocycles. The van der Waals surface area contributed by atoms with E-state index in [1.54, 1.807) is 0 Å². The van der Waals surface area contributed by atoms with E-state index in [0.29, 0.717) is 11.8 Å². The molecule has 0 saturated heterocycles. The third-order valence-corrected chi connectivity index (χ3v) is 4.53. The van der Waals surface area contributed by atoms with E-state index >= 15 is 0 Å². The lowest BCUT2D eigenvalue weighted by Crippen LogP contribution is -2.15. The molecule has 0 aromatic carbocycles. The summed E-state index contributed by atoms with van der Waals surface area (Å²) in [7, 11) is 0. The van der Waals surface area contributed by atoms with Gasteiger partial charge in [-0.3, -0.25) is 0 Å². The topological polar surface area (TPSA) is 35.6 Å². The molecule has 0 N–H and O–H groups in total. The third-order valence-electron chi connectivity index (χ3n) is 3.44. The summed E-state index contributed by atoms with van der Waals surface area (Å²) in [6, 6.07) is 0. The summed E-state index contributed by atoms with van der Waals surface area (Å²) in [5, 5.41) is 4.58. The molecule has 0 saturated carbocycles. The number of nitrogens with zero attached hydrogens (tertiary/aromatic N) is 4. The van der Waals surface area contributed by atoms with E-state index in [9.17, 15) is 0 Å². The largest absolute Gasteiger partial charge is 0.313 e. The highest BCUT2D eigenvalue weighted by molar-refractivity contribution is 7.98. The maximum absolute atomic E-state index is 5.93. The van der Waals surface area contributed by atoms with Gasteiger partial charge in [0.25, 0.3) is 0 Å². The Balaban J connectivity index is 2.48. The first-order valence-corrected chi connectivity index (χ1v) is 9.02. The van der Waals surface area contributed by atoms with Crippen molar-refractivity contribution < 1.29 is 0 Å². The first-order chi connectivity index (χ1) is 9.62. The quantitative estimate of drug-likeness (QED) is 0.735. The van der Waals surface area contributed by atoms with Crippen LogP contribution in [0.15, 0.2) is 0 Å². The van der Waals surface area contributed by atoms with E-state index < -0.39 is 0 Å². The highest BCUT2D eigenvalue weighted by atomic mass is 35.5. The van der Waals surface area contributed by atoms with E-state index in [4.69, 9.17) is 16.6 Å². The summed E-state index contributed by atoms with van der Waals surface area (Å²) in [5.74, 6) is 3.46. The molecule has 0 aliphatic carbocycles. The van der Waals surface area contributed by atoms with Crippen molar-refractivity contribution in [1.29, 1.82) is 0 Å². The summed E-state index contributed by atoms with van der Waals surface area (Å²) in [6.45, 7) is 8.28. The fraction of sp³-hybridized carbons (Fsp3) is 0.714. The van der Waals surface area contributed by atoms with Gasteiger partial charge in [0.15, 0.2) is 5.65 Å². The molecular weight excluding hydrogens is 292 g/mol. The van der Waals surface area contributed by atoms with Gasteiger partial charge in [0.1, 0.15) is 11.3 Å². The maximum atomic E-state index is 5.93. The lowest BCUT2D eigenvalue weighted by molar-refractivity contribution is 0.512. The summed E-state index contributed by atoms with van der Waals surface area (Å²) in [6.07, 6.45) is 2.96. The lowest BCUT2D eigenvalue weighted by Gasteiger charge is -2.14. The molecule has 6 heteroatoms. The Morgan fingerprint density at radius 2 is 2.15 bits per heavy atom. The zero-order valence-corrected chi connectivity index (χ0v) is 14.3. The molecule has 2 rings (SSSR count). The third kappa shape index (κ3) is 2.98. The van der Waals surface area contributed by atoms with Crippen molar-refractivity contribution >= 4 is 34.5 Å². The monoisotopic (exact) mass is 314 g/mol. The van der Waals surface area contributed by atoms with E-state index in [-0.39, 0.29) is 0 Å². The van der Waals surface area contributed by atoms with Crippen LogP contribution in [0.5, 0.6) is 0 Å². The molecule has 0 bridgehead atoms. The Bertz CT molecular complexity index is 575. The van der Waals surface area contributed by atoms with Gasteiger partial charge in [-0.2, -0.15) is 16.9 Å². The molecule has 0 aliphatic heterocycles. The average Bonchev–Trinajstić information content (AvgIpc) is 2.90. The highest BCUT2D eigenvalue weighted by Crippen LogP contribution is 2.22. The summed E-state index contributed by atoms with van der Waals surface area (Å²) < 4.78 is 4.38. The highest BCUT2D eigenvalue weighted by Gasteiger charge is 2.19. The van der Waals surface area contributed by atoms with Crippen molar-refractivity contribution in [2.24, 2.45) is 5.92 Å². The Morgan fingerprint density at radius 3 is 2.75 bits per heavy atom. The number of fused-ring (bicyclic) bond motifs is 1. The zero-order valence-electron chi connectivity index (χ0n) is 12.7. The van der Waals surface area contributed by atoms with Crippen LogP contribution in [-0.2, 0) is 19.5 Å². The van der Waals surface area contributed by atoms with Crippen LogP contribution in [-0.4, -0.2) is 37.2 Å². The van der Waals surface area contributed by atoms with Gasteiger partial charge in [-0.15, -0.1) is 11.6 Å². The van der Waals surface area contributed by atoms with Crippen LogP contribution in [0.25, 0.3) is 11.2 Å². The number of aromatic nitrogens is 4. The summed E-state index contributed by atoms with van der Waals surface area (Å²) in [5.41, 5.74) is 3.19. The van der Waals surface area contributed by atoms with Crippen molar-refractivity contribution in [3.8, 4) is 0 Å². The molecule has 0 aliphatic rings. The van der Waals surface area contributed by atoms with Gasteiger partial charge >= 0.3 is 0 Å². The number of hydrogen-bond acceptors (Lipinski definition) is 3. The van der Waals surface area contributed by atoms with Gasteiger partial charge in [0.05, 0.1) is 5.69 Å². The normalized spacial score (nSPS) is 13.2. The molecule has 0 radical (unpaired) electrons. The van der Waals surface area contributed by atoms with Crippen LogP contribution in [0.4, 0.5) is 0 Å². The number of halogens is 1. The van der Waals surface area contributed by atoms with Gasteiger partial charge in [-0.05, 0) is 31.8 Å². The van der Waals surface area contributed by atoms with Crippen LogP contribution in [0.2, 0.25) is 0 Å². The van der Waals surface area contributed by atoms with Crippen molar-refractivity contribution in [3.05, 3.63) is 11.5 Å². The van der Waals surface area contributed by atoms with Gasteiger partial charge < -0.3 is 4.57 Å². The van der Waals surface area contributed by atoms with Crippen molar-refractivity contribution in [3.63, 3.8) is 0 Å². The number of aryl methyl sites for hydroxylation is 3. The molecule has 2 aromatic rings. The Morgan fingerprint density at radius 1 is 1.40 bits per heavy atom. The minimum absolute atomic E-state index is 0.606. The number of imidazole rings is 1. The van der Waals surface area contributed by atoms with Crippen LogP contribution >= 0.6 is 23.4 Å². The van der Waals surface area contributed by atoms with Crippen LogP contribution in [0.3, 0.4) is 0 Å². The van der Waals surface area contributed by atoms with Crippen LogP contribution in [0.1, 0.15) is 25.4 Å². The molecular formula is C14H23ClN4S. The number of hydrogen-bond donors (Lipinski definition) is 0. The van der Waals surface area contributed by atoms with E-state index in [0.717, 1.165) is 47.9 Å². The molecule has 20 heavy (non-hydrogen) atoms. The Labute approximate surface area is 129 Å². The van der Waals surface area contributed by atoms with Gasteiger partial charge in [0.2, 0.25) is 0 Å². The molecule has 1 unspecified atom stereocenters. The van der Waals surface area contributed by atoms with E-state index in [2.05, 4.69) is 34.5 Å². The van der Waals surface area contributed by atoms with Crippen LogP contribution in [0, 0.1) is 12.8 Å². The summed E-state index contributed by atoms with van der Waals surface area (Å²) in [4.78, 5) is 4.77. The average molecular weight is 315 g/mol. The molecule has 2 heterocycles. The molecule has 4 nitrogen and oxygen atoms in total. The Hall–Kier alpha value is -0.680. The minimum atomic E-state index is 0.606. The fourth-order valence-corrected chi connectivity index (χ4v) is 3.45. The standard InChI is InChI=1S/C14H23ClN4S/c1-5-19-14-13(11(3)17-19)16-12(6-7-15)18(14)8-10(2)9-20-4/h10H,5-9H2,1-4H3. The Kier molecular flexibility index (Phi) is 5.38. The number of alkyl halides is 1. The van der Waals surface area contributed by atoms with Crippen LogP contribution < -0.4 is 0 Å². The molecule has 1 atom stereocenters. The molecule has 0 amide bonds. The van der Waals surface area contributed by atoms with E-state index in [1.165, 1.54) is 0 Å².